The second-order valence-electron chi connectivity index (χ2n) is 6.78. The lowest BCUT2D eigenvalue weighted by Crippen LogP contribution is -2.35. The summed E-state index contributed by atoms with van der Waals surface area (Å²) in [5.41, 5.74) is 4.13. The molecule has 4 aromatic rings. The summed E-state index contributed by atoms with van der Waals surface area (Å²) >= 11 is 5.11. The number of rotatable bonds is 3. The molecule has 5 rings (SSSR count). The molecule has 0 saturated heterocycles. The number of nitrogens with zero attached hydrogens (tertiary/aromatic N) is 2. The van der Waals surface area contributed by atoms with E-state index < -0.39 is 0 Å². The molecule has 5 nitrogen and oxygen atoms in total. The van der Waals surface area contributed by atoms with Crippen molar-refractivity contribution in [3.05, 3.63) is 73.6 Å². The molecule has 0 fully saturated rings. The molecule has 0 spiro atoms. The minimum absolute atomic E-state index is 0.00000514. The molecule has 7 heteroatoms. The molecule has 3 aromatic heterocycles. The van der Waals surface area contributed by atoms with Crippen molar-refractivity contribution >= 4 is 38.2 Å². The fourth-order valence-corrected chi connectivity index (χ4v) is 4.72. The number of aromatic amines is 2. The van der Waals surface area contributed by atoms with Crippen LogP contribution in [0.4, 0.5) is 0 Å². The highest BCUT2D eigenvalue weighted by atomic mass is 79.9. The summed E-state index contributed by atoms with van der Waals surface area (Å²) in [6.45, 7) is 2.39. The van der Waals surface area contributed by atoms with E-state index in [0.717, 1.165) is 45.6 Å². The van der Waals surface area contributed by atoms with Crippen molar-refractivity contribution < 1.29 is 0 Å². The third kappa shape index (κ3) is 3.16. The van der Waals surface area contributed by atoms with Crippen molar-refractivity contribution in [2.45, 2.75) is 19.5 Å². The molecule has 0 saturated carbocycles. The van der Waals surface area contributed by atoms with Gasteiger partial charge in [0.1, 0.15) is 0 Å². The number of aromatic nitrogens is 3. The quantitative estimate of drug-likeness (QED) is 0.498. The minimum Gasteiger partial charge on any atom is -0.361 e. The first-order valence-electron chi connectivity index (χ1n) is 8.81. The summed E-state index contributed by atoms with van der Waals surface area (Å²) in [5, 5.41) is 3.23. The number of halogens is 1. The van der Waals surface area contributed by atoms with Gasteiger partial charge in [0.2, 0.25) is 0 Å². The second-order valence-corrected chi connectivity index (χ2v) is 8.64. The molecule has 136 valence electrons. The SMILES string of the molecule is O=c1[nH]c(-c2cccs2)nc2c1CCN(Cc1c[nH]c3cc(Br)ccc13)C2. The van der Waals surface area contributed by atoms with Crippen molar-refractivity contribution in [2.75, 3.05) is 6.54 Å². The van der Waals surface area contributed by atoms with Gasteiger partial charge in [0.15, 0.2) is 5.82 Å². The van der Waals surface area contributed by atoms with Crippen LogP contribution in [0.15, 0.2) is 51.2 Å². The average molecular weight is 441 g/mol. The Labute approximate surface area is 168 Å². The number of hydrogen-bond donors (Lipinski definition) is 2. The highest BCUT2D eigenvalue weighted by molar-refractivity contribution is 9.10. The van der Waals surface area contributed by atoms with Crippen LogP contribution >= 0.6 is 27.3 Å². The van der Waals surface area contributed by atoms with Crippen molar-refractivity contribution in [1.82, 2.24) is 19.9 Å². The van der Waals surface area contributed by atoms with Crippen molar-refractivity contribution in [3.8, 4) is 10.7 Å². The molecule has 0 amide bonds. The number of thiophene rings is 1. The van der Waals surface area contributed by atoms with Crippen LogP contribution in [-0.4, -0.2) is 26.4 Å². The van der Waals surface area contributed by atoms with Gasteiger partial charge < -0.3 is 9.97 Å². The molecule has 0 aliphatic carbocycles. The molecule has 4 heterocycles. The van der Waals surface area contributed by atoms with Gasteiger partial charge in [-0.15, -0.1) is 11.3 Å². The molecule has 0 radical (unpaired) electrons. The third-order valence-corrected chi connectivity index (χ3v) is 6.40. The Bertz CT molecular complexity index is 1180. The number of benzene rings is 1. The Morgan fingerprint density at radius 3 is 3.07 bits per heavy atom. The van der Waals surface area contributed by atoms with E-state index in [2.05, 4.69) is 55.2 Å². The third-order valence-electron chi connectivity index (χ3n) is 5.03. The zero-order valence-electron chi connectivity index (χ0n) is 14.5. The molecule has 2 N–H and O–H groups in total. The first kappa shape index (κ1) is 16.9. The van der Waals surface area contributed by atoms with Gasteiger partial charge in [-0.1, -0.05) is 28.1 Å². The maximum atomic E-state index is 12.5. The van der Waals surface area contributed by atoms with Gasteiger partial charge in [-0.25, -0.2) is 4.98 Å². The normalized spacial score (nSPS) is 14.6. The van der Waals surface area contributed by atoms with E-state index in [-0.39, 0.29) is 5.56 Å². The number of fused-ring (bicyclic) bond motifs is 2. The van der Waals surface area contributed by atoms with Crippen LogP contribution in [0.5, 0.6) is 0 Å². The molecule has 1 aliphatic rings. The predicted molar refractivity (Wildman–Crippen MR) is 112 cm³/mol. The smallest absolute Gasteiger partial charge is 0.254 e. The molecule has 27 heavy (non-hydrogen) atoms. The maximum absolute atomic E-state index is 12.5. The fraction of sp³-hybridized carbons (Fsp3) is 0.200. The van der Waals surface area contributed by atoms with Gasteiger partial charge in [0.25, 0.3) is 5.56 Å². The van der Waals surface area contributed by atoms with Gasteiger partial charge in [0.05, 0.1) is 10.6 Å². The molecule has 0 unspecified atom stereocenters. The number of H-pyrrole nitrogens is 2. The van der Waals surface area contributed by atoms with Crippen LogP contribution < -0.4 is 5.56 Å². The Hall–Kier alpha value is -2.22. The van der Waals surface area contributed by atoms with Gasteiger partial charge in [-0.3, -0.25) is 9.69 Å². The Morgan fingerprint density at radius 2 is 2.22 bits per heavy atom. The van der Waals surface area contributed by atoms with E-state index in [1.807, 2.05) is 17.5 Å². The lowest BCUT2D eigenvalue weighted by Gasteiger charge is -2.27. The summed E-state index contributed by atoms with van der Waals surface area (Å²) in [7, 11) is 0. The standard InChI is InChI=1S/C20H17BrN4OS/c21-13-3-4-14-12(9-22-16(14)8-13)10-25-6-5-15-17(11-25)23-19(24-20(15)26)18-2-1-7-27-18/h1-4,7-9,22H,5-6,10-11H2,(H,23,24,26). The summed E-state index contributed by atoms with van der Waals surface area (Å²) in [6.07, 6.45) is 2.81. The molecular weight excluding hydrogens is 424 g/mol. The fourth-order valence-electron chi connectivity index (χ4n) is 3.69. The predicted octanol–water partition coefficient (Wildman–Crippen LogP) is 4.30. The summed E-state index contributed by atoms with van der Waals surface area (Å²) in [4.78, 5) is 26.9. The monoisotopic (exact) mass is 440 g/mol. The molecule has 1 aromatic carbocycles. The highest BCUT2D eigenvalue weighted by Gasteiger charge is 2.22. The largest absolute Gasteiger partial charge is 0.361 e. The maximum Gasteiger partial charge on any atom is 0.254 e. The summed E-state index contributed by atoms with van der Waals surface area (Å²) in [5.74, 6) is 0.674. The lowest BCUT2D eigenvalue weighted by molar-refractivity contribution is 0.241. The van der Waals surface area contributed by atoms with Crippen molar-refractivity contribution in [3.63, 3.8) is 0 Å². The first-order valence-corrected chi connectivity index (χ1v) is 10.5. The molecule has 1 aliphatic heterocycles. The summed E-state index contributed by atoms with van der Waals surface area (Å²) in [6, 6.07) is 10.3. The van der Waals surface area contributed by atoms with E-state index in [1.165, 1.54) is 10.9 Å². The molecular formula is C20H17BrN4OS. The van der Waals surface area contributed by atoms with Gasteiger partial charge in [-0.2, -0.15) is 0 Å². The zero-order chi connectivity index (χ0) is 18.4. The highest BCUT2D eigenvalue weighted by Crippen LogP contribution is 2.26. The second kappa shape index (κ2) is 6.74. The minimum atomic E-state index is -0.00000514. The number of hydrogen-bond acceptors (Lipinski definition) is 4. The van der Waals surface area contributed by atoms with E-state index >= 15 is 0 Å². The lowest BCUT2D eigenvalue weighted by atomic mass is 10.1. The van der Waals surface area contributed by atoms with Crippen LogP contribution in [-0.2, 0) is 19.5 Å². The van der Waals surface area contributed by atoms with Crippen molar-refractivity contribution in [2.24, 2.45) is 0 Å². The van der Waals surface area contributed by atoms with E-state index in [1.54, 1.807) is 11.3 Å². The van der Waals surface area contributed by atoms with Crippen LogP contribution in [0, 0.1) is 0 Å². The van der Waals surface area contributed by atoms with E-state index in [9.17, 15) is 4.79 Å². The van der Waals surface area contributed by atoms with E-state index in [4.69, 9.17) is 4.98 Å². The van der Waals surface area contributed by atoms with Crippen LogP contribution in [0.1, 0.15) is 16.8 Å². The molecule has 0 atom stereocenters. The molecule has 0 bridgehead atoms. The van der Waals surface area contributed by atoms with Gasteiger partial charge in [0, 0.05) is 46.8 Å². The number of nitrogens with one attached hydrogen (secondary N) is 2. The van der Waals surface area contributed by atoms with E-state index in [0.29, 0.717) is 12.4 Å². The van der Waals surface area contributed by atoms with Gasteiger partial charge >= 0.3 is 0 Å². The summed E-state index contributed by atoms with van der Waals surface area (Å²) < 4.78 is 1.07. The van der Waals surface area contributed by atoms with Crippen LogP contribution in [0.2, 0.25) is 0 Å². The average Bonchev–Trinajstić information content (AvgIpc) is 3.32. The van der Waals surface area contributed by atoms with Crippen LogP contribution in [0.25, 0.3) is 21.6 Å². The Kier molecular flexibility index (Phi) is 4.22. The Balaban J connectivity index is 1.44. The van der Waals surface area contributed by atoms with Crippen LogP contribution in [0.3, 0.4) is 0 Å². The van der Waals surface area contributed by atoms with Gasteiger partial charge in [-0.05, 0) is 35.6 Å². The van der Waals surface area contributed by atoms with Crippen molar-refractivity contribution in [1.29, 1.82) is 0 Å². The topological polar surface area (TPSA) is 64.8 Å². The Morgan fingerprint density at radius 1 is 1.30 bits per heavy atom. The zero-order valence-corrected chi connectivity index (χ0v) is 16.9. The first-order chi connectivity index (χ1) is 13.2.